The van der Waals surface area contributed by atoms with Gasteiger partial charge < -0.3 is 20.3 Å². The number of carboxylic acid groups (broad SMARTS) is 1. The monoisotopic (exact) mass is 491 g/mol. The maximum absolute atomic E-state index is 13.0. The van der Waals surface area contributed by atoms with Crippen LogP contribution in [0.5, 0.6) is 0 Å². The first-order valence-corrected chi connectivity index (χ1v) is 12.5. The Bertz CT molecular complexity index is 992. The molecule has 0 aromatic rings. The molecule has 8 atom stereocenters. The first-order valence-electron chi connectivity index (χ1n) is 11.9. The van der Waals surface area contributed by atoms with Gasteiger partial charge in [0.1, 0.15) is 6.04 Å². The quantitative estimate of drug-likeness (QED) is 0.342. The molecule has 0 spiro atoms. The number of nitrogens with one attached hydrogen (secondary N) is 1. The van der Waals surface area contributed by atoms with Gasteiger partial charge in [0, 0.05) is 29.4 Å². The van der Waals surface area contributed by atoms with Gasteiger partial charge in [0.15, 0.2) is 5.78 Å². The molecule has 0 aromatic carbocycles. The molecule has 4 aliphatic carbocycles. The Morgan fingerprint density at radius 3 is 2.62 bits per heavy atom. The second-order valence-electron chi connectivity index (χ2n) is 10.7. The number of ether oxygens (including phenoxy) is 1. The van der Waals surface area contributed by atoms with Crippen molar-refractivity contribution < 1.29 is 34.1 Å². The number of rotatable bonds is 5. The van der Waals surface area contributed by atoms with Crippen LogP contribution < -0.4 is 5.32 Å². The predicted octanol–water partition coefficient (Wildman–Crippen LogP) is 2.07. The molecular weight excluding hydrogens is 458 g/mol. The minimum atomic E-state index is -1.81. The summed E-state index contributed by atoms with van der Waals surface area (Å²) >= 11 is 4.11. The molecule has 4 rings (SSSR count). The number of hydrogen-bond donors (Lipinski definition) is 4. The zero-order valence-corrected chi connectivity index (χ0v) is 20.6. The van der Waals surface area contributed by atoms with E-state index in [9.17, 15) is 29.4 Å². The number of amides is 1. The smallest absolute Gasteiger partial charge is 0.348 e. The van der Waals surface area contributed by atoms with Crippen molar-refractivity contribution in [3.05, 3.63) is 23.8 Å². The predicted molar refractivity (Wildman–Crippen MR) is 126 cm³/mol. The van der Waals surface area contributed by atoms with E-state index in [0.29, 0.717) is 12.8 Å². The molecule has 0 bridgehead atoms. The van der Waals surface area contributed by atoms with E-state index in [-0.39, 0.29) is 42.1 Å². The SMILES string of the molecule is CC(=O)N[C@@H](CS)C(=O)O[C@]1(C(=O)O)CC[C@H]2[C@@H]3CCC4=CC(=O)C=C[C@]4(C)[C@H]3[C@@H](O)C[C@@]21C. The third-order valence-corrected chi connectivity index (χ3v) is 9.45. The van der Waals surface area contributed by atoms with E-state index < -0.39 is 46.4 Å². The number of carbonyl (C=O) groups excluding carboxylic acids is 3. The average molecular weight is 492 g/mol. The lowest BCUT2D eigenvalue weighted by atomic mass is 9.46. The number of hydrogen-bond acceptors (Lipinski definition) is 7. The molecule has 0 aliphatic heterocycles. The second-order valence-corrected chi connectivity index (χ2v) is 11.1. The summed E-state index contributed by atoms with van der Waals surface area (Å²) in [7, 11) is 0. The number of carbonyl (C=O) groups is 4. The topological polar surface area (TPSA) is 130 Å². The van der Waals surface area contributed by atoms with Crippen LogP contribution in [-0.4, -0.2) is 57.3 Å². The van der Waals surface area contributed by atoms with E-state index >= 15 is 0 Å². The number of esters is 1. The number of thiol groups is 1. The fourth-order valence-electron chi connectivity index (χ4n) is 7.54. The fraction of sp³-hybridized carbons (Fsp3) is 0.680. The Kier molecular flexibility index (Phi) is 6.26. The van der Waals surface area contributed by atoms with Crippen LogP contribution in [0.25, 0.3) is 0 Å². The van der Waals surface area contributed by atoms with Crippen LogP contribution in [0.4, 0.5) is 0 Å². The van der Waals surface area contributed by atoms with Gasteiger partial charge in [-0.15, -0.1) is 0 Å². The Labute approximate surface area is 204 Å². The Morgan fingerprint density at radius 1 is 1.29 bits per heavy atom. The Morgan fingerprint density at radius 2 is 2.00 bits per heavy atom. The third kappa shape index (κ3) is 3.54. The van der Waals surface area contributed by atoms with Gasteiger partial charge in [0.25, 0.3) is 0 Å². The molecule has 0 aromatic heterocycles. The highest BCUT2D eigenvalue weighted by molar-refractivity contribution is 7.80. The number of fused-ring (bicyclic) bond motifs is 5. The van der Waals surface area contributed by atoms with Gasteiger partial charge in [-0.2, -0.15) is 12.6 Å². The second kappa shape index (κ2) is 8.52. The molecule has 1 amide bonds. The van der Waals surface area contributed by atoms with Crippen molar-refractivity contribution in [2.45, 2.75) is 70.6 Å². The lowest BCUT2D eigenvalue weighted by molar-refractivity contribution is -0.210. The number of aliphatic hydroxyl groups excluding tert-OH is 1. The fourth-order valence-corrected chi connectivity index (χ4v) is 7.78. The van der Waals surface area contributed by atoms with Crippen molar-refractivity contribution >= 4 is 36.3 Å². The zero-order chi connectivity index (χ0) is 25.1. The summed E-state index contributed by atoms with van der Waals surface area (Å²) in [5.74, 6) is -2.79. The summed E-state index contributed by atoms with van der Waals surface area (Å²) in [5, 5.41) is 24.3. The van der Waals surface area contributed by atoms with Crippen molar-refractivity contribution in [1.82, 2.24) is 5.32 Å². The molecule has 3 N–H and O–H groups in total. The third-order valence-electron chi connectivity index (χ3n) is 9.08. The maximum Gasteiger partial charge on any atom is 0.348 e. The Balaban J connectivity index is 1.69. The largest absolute Gasteiger partial charge is 0.478 e. The number of ketones is 1. The van der Waals surface area contributed by atoms with E-state index in [1.165, 1.54) is 6.92 Å². The molecule has 0 radical (unpaired) electrons. The summed E-state index contributed by atoms with van der Waals surface area (Å²) in [6, 6.07) is -1.06. The van der Waals surface area contributed by atoms with Crippen LogP contribution in [0.15, 0.2) is 23.8 Å². The van der Waals surface area contributed by atoms with Gasteiger partial charge in [-0.05, 0) is 56.1 Å². The van der Waals surface area contributed by atoms with Crippen LogP contribution in [0.1, 0.15) is 52.9 Å². The van der Waals surface area contributed by atoms with Gasteiger partial charge in [-0.25, -0.2) is 9.59 Å². The standard InChI is InChI=1S/C25H33NO7S/c1-13(27)26-18(12-34)21(30)33-25(22(31)32)9-7-17-16-5-4-14-10-15(28)6-8-23(14,2)20(16)19(29)11-24(17,25)3/h6,8,10,16-20,29,34H,4-5,7,9,11-12H2,1-3H3,(H,26,27)(H,31,32)/t16-,17-,18-,19-,20+,23-,24-,25-/m0/s1. The molecule has 0 heterocycles. The van der Waals surface area contributed by atoms with Crippen molar-refractivity contribution in [2.24, 2.45) is 28.6 Å². The van der Waals surface area contributed by atoms with Crippen LogP contribution in [-0.2, 0) is 23.9 Å². The summed E-state index contributed by atoms with van der Waals surface area (Å²) in [6.07, 6.45) is 6.59. The van der Waals surface area contributed by atoms with Crippen LogP contribution >= 0.6 is 12.6 Å². The van der Waals surface area contributed by atoms with Crippen molar-refractivity contribution in [3.8, 4) is 0 Å². The highest BCUT2D eigenvalue weighted by Crippen LogP contribution is 2.67. The zero-order valence-electron chi connectivity index (χ0n) is 19.7. The highest BCUT2D eigenvalue weighted by Gasteiger charge is 2.71. The molecule has 3 fully saturated rings. The van der Waals surface area contributed by atoms with Gasteiger partial charge in [0.2, 0.25) is 11.5 Å². The summed E-state index contributed by atoms with van der Waals surface area (Å²) in [6.45, 7) is 5.13. The van der Waals surface area contributed by atoms with Crippen molar-refractivity contribution in [2.75, 3.05) is 5.75 Å². The first kappa shape index (κ1) is 25.0. The summed E-state index contributed by atoms with van der Waals surface area (Å²) in [4.78, 5) is 49.2. The minimum Gasteiger partial charge on any atom is -0.478 e. The number of aliphatic carboxylic acids is 1. The summed E-state index contributed by atoms with van der Waals surface area (Å²) in [5.41, 5.74) is -2.25. The lowest BCUT2D eigenvalue weighted by Crippen LogP contribution is -2.63. The average Bonchev–Trinajstić information content (AvgIpc) is 3.04. The number of aliphatic hydroxyl groups is 1. The van der Waals surface area contributed by atoms with E-state index in [0.717, 1.165) is 12.0 Å². The van der Waals surface area contributed by atoms with E-state index in [1.54, 1.807) is 12.2 Å². The van der Waals surface area contributed by atoms with E-state index in [2.05, 4.69) is 24.9 Å². The highest BCUT2D eigenvalue weighted by atomic mass is 32.1. The molecule has 3 saturated carbocycles. The van der Waals surface area contributed by atoms with E-state index in [1.807, 2.05) is 13.0 Å². The van der Waals surface area contributed by atoms with Gasteiger partial charge >= 0.3 is 11.9 Å². The molecule has 0 unspecified atom stereocenters. The van der Waals surface area contributed by atoms with Crippen LogP contribution in [0.3, 0.4) is 0 Å². The van der Waals surface area contributed by atoms with Crippen molar-refractivity contribution in [1.29, 1.82) is 0 Å². The van der Waals surface area contributed by atoms with E-state index in [4.69, 9.17) is 4.74 Å². The molecule has 34 heavy (non-hydrogen) atoms. The first-order chi connectivity index (χ1) is 15.9. The normalized spacial score (nSPS) is 41.4. The molecule has 0 saturated heterocycles. The molecular formula is C25H33NO7S. The summed E-state index contributed by atoms with van der Waals surface area (Å²) < 4.78 is 5.78. The Hall–Kier alpha value is -2.13. The van der Waals surface area contributed by atoms with Gasteiger partial charge in [-0.3, -0.25) is 9.59 Å². The van der Waals surface area contributed by atoms with Crippen LogP contribution in [0, 0.1) is 28.6 Å². The van der Waals surface area contributed by atoms with Crippen LogP contribution in [0.2, 0.25) is 0 Å². The molecule has 8 nitrogen and oxygen atoms in total. The van der Waals surface area contributed by atoms with Crippen molar-refractivity contribution in [3.63, 3.8) is 0 Å². The molecule has 4 aliphatic rings. The molecule has 9 heteroatoms. The number of allylic oxidation sites excluding steroid dienone is 4. The number of carboxylic acids is 1. The molecule has 186 valence electrons. The van der Waals surface area contributed by atoms with Gasteiger partial charge in [-0.1, -0.05) is 25.5 Å². The maximum atomic E-state index is 13.0. The minimum absolute atomic E-state index is 0.0182. The van der Waals surface area contributed by atoms with Gasteiger partial charge in [0.05, 0.1) is 6.10 Å². The lowest BCUT2D eigenvalue weighted by Gasteiger charge is -2.59.